The lowest BCUT2D eigenvalue weighted by Crippen LogP contribution is -2.22. The van der Waals surface area contributed by atoms with Crippen LogP contribution in [-0.4, -0.2) is 33.2 Å². The maximum atomic E-state index is 12.8. The van der Waals surface area contributed by atoms with E-state index >= 15 is 0 Å². The summed E-state index contributed by atoms with van der Waals surface area (Å²) < 4.78 is 16.6. The van der Waals surface area contributed by atoms with Crippen LogP contribution in [0.3, 0.4) is 0 Å². The van der Waals surface area contributed by atoms with E-state index in [0.717, 1.165) is 33.4 Å². The molecule has 5 rings (SSSR count). The summed E-state index contributed by atoms with van der Waals surface area (Å²) >= 11 is -1.22. The highest BCUT2D eigenvalue weighted by Gasteiger charge is 2.20. The van der Waals surface area contributed by atoms with Crippen LogP contribution in [-0.2, 0) is 11.2 Å². The van der Waals surface area contributed by atoms with Crippen LogP contribution in [0.2, 0.25) is 0 Å². The Kier molecular flexibility index (Phi) is 5.38. The number of aromatic nitrogens is 2. The third kappa shape index (κ3) is 3.98. The number of rotatable bonds is 4. The van der Waals surface area contributed by atoms with Crippen LogP contribution in [0.4, 0.5) is 11.4 Å². The number of carbonyl (C=O) groups is 1. The Labute approximate surface area is 188 Å². The van der Waals surface area contributed by atoms with Gasteiger partial charge in [-0.1, -0.05) is 6.07 Å². The predicted octanol–water partition coefficient (Wildman–Crippen LogP) is 3.85. The summed E-state index contributed by atoms with van der Waals surface area (Å²) in [5.74, 6) is -0.204. The van der Waals surface area contributed by atoms with Crippen LogP contribution in [0.1, 0.15) is 15.9 Å². The van der Waals surface area contributed by atoms with E-state index in [1.54, 1.807) is 28.8 Å². The molecule has 2 aromatic carbocycles. The van der Waals surface area contributed by atoms with Gasteiger partial charge in [0.25, 0.3) is 5.91 Å². The summed E-state index contributed by atoms with van der Waals surface area (Å²) in [5, 5.41) is 3.95. The van der Waals surface area contributed by atoms with E-state index in [0.29, 0.717) is 24.3 Å². The van der Waals surface area contributed by atoms with Gasteiger partial charge in [-0.15, -0.1) is 0 Å². The molecule has 0 saturated carbocycles. The minimum Gasteiger partial charge on any atom is -0.322 e. The molecule has 1 amide bonds. The highest BCUT2D eigenvalue weighted by atomic mass is 32.2. The van der Waals surface area contributed by atoms with Crippen LogP contribution in [0, 0.1) is 6.92 Å². The first-order chi connectivity index (χ1) is 15.6. The second-order valence-corrected chi connectivity index (χ2v) is 8.77. The zero-order chi connectivity index (χ0) is 22.1. The normalized spacial score (nSPS) is 15.8. The molecule has 7 nitrogen and oxygen atoms in total. The van der Waals surface area contributed by atoms with E-state index in [1.165, 1.54) is 0 Å². The van der Waals surface area contributed by atoms with Gasteiger partial charge in [0.05, 0.1) is 16.9 Å². The summed E-state index contributed by atoms with van der Waals surface area (Å²) in [6.07, 6.45) is 3.52. The largest absolute Gasteiger partial charge is 0.322 e. The van der Waals surface area contributed by atoms with Crippen molar-refractivity contribution in [3.05, 3.63) is 84.2 Å². The third-order valence-corrected chi connectivity index (χ3v) is 6.66. The Balaban J connectivity index is 1.37. The fourth-order valence-corrected chi connectivity index (χ4v) is 4.69. The number of pyridine rings is 2. The van der Waals surface area contributed by atoms with E-state index in [1.807, 2.05) is 55.5 Å². The fraction of sp³-hybridized carbons (Fsp3) is 0.125. The van der Waals surface area contributed by atoms with Crippen molar-refractivity contribution in [2.45, 2.75) is 6.92 Å². The van der Waals surface area contributed by atoms with E-state index in [2.05, 4.69) is 15.0 Å². The van der Waals surface area contributed by atoms with Crippen molar-refractivity contribution in [1.29, 1.82) is 0 Å². The summed E-state index contributed by atoms with van der Waals surface area (Å²) in [5.41, 5.74) is 5.79. The molecule has 3 heterocycles. The molecule has 0 radical (unpaired) electrons. The lowest BCUT2D eigenvalue weighted by atomic mass is 10.0. The second kappa shape index (κ2) is 8.49. The smallest absolute Gasteiger partial charge is 0.255 e. The third-order valence-electron chi connectivity index (χ3n) is 5.42. The molecule has 1 saturated heterocycles. The van der Waals surface area contributed by atoms with Gasteiger partial charge in [0.15, 0.2) is 11.2 Å². The molecule has 2 aromatic heterocycles. The zero-order valence-corrected chi connectivity index (χ0v) is 18.2. The number of hydrogen-bond acceptors (Lipinski definition) is 4. The van der Waals surface area contributed by atoms with Crippen LogP contribution < -0.4 is 14.3 Å². The molecule has 0 bridgehead atoms. The molecule has 0 aliphatic carbocycles. The number of benzene rings is 2. The fourth-order valence-electron chi connectivity index (χ4n) is 3.69. The Hall–Kier alpha value is -3.62. The van der Waals surface area contributed by atoms with Crippen LogP contribution >= 0.6 is 0 Å². The van der Waals surface area contributed by atoms with Gasteiger partial charge in [0.1, 0.15) is 0 Å². The number of amides is 1. The van der Waals surface area contributed by atoms with Crippen molar-refractivity contribution in [3.63, 3.8) is 0 Å². The highest BCUT2D eigenvalue weighted by molar-refractivity contribution is 7.84. The van der Waals surface area contributed by atoms with E-state index in [-0.39, 0.29) is 5.91 Å². The summed E-state index contributed by atoms with van der Waals surface area (Å²) in [6.45, 7) is 3.37. The Morgan fingerprint density at radius 2 is 1.94 bits per heavy atom. The summed E-state index contributed by atoms with van der Waals surface area (Å²) in [7, 11) is 0. The lowest BCUT2D eigenvalue weighted by molar-refractivity contribution is 0.102. The number of aryl methyl sites for hydroxylation is 1. The molecule has 4 aromatic rings. The average molecular weight is 444 g/mol. The van der Waals surface area contributed by atoms with Crippen molar-refractivity contribution >= 4 is 39.4 Å². The highest BCUT2D eigenvalue weighted by Crippen LogP contribution is 2.27. The van der Waals surface area contributed by atoms with Crippen LogP contribution in [0.5, 0.6) is 0 Å². The van der Waals surface area contributed by atoms with Gasteiger partial charge >= 0.3 is 0 Å². The molecular formula is C24H21N5O2S. The zero-order valence-electron chi connectivity index (χ0n) is 17.4. The van der Waals surface area contributed by atoms with Crippen LogP contribution in [0.25, 0.3) is 22.2 Å². The first-order valence-corrected chi connectivity index (χ1v) is 11.4. The van der Waals surface area contributed by atoms with E-state index in [9.17, 15) is 9.00 Å². The minimum atomic E-state index is -1.22. The molecule has 1 aliphatic heterocycles. The molecule has 32 heavy (non-hydrogen) atoms. The van der Waals surface area contributed by atoms with Crippen LogP contribution in [0.15, 0.2) is 73.1 Å². The quantitative estimate of drug-likeness (QED) is 0.502. The van der Waals surface area contributed by atoms with Gasteiger partial charge in [-0.3, -0.25) is 14.1 Å². The molecule has 2 N–H and O–H groups in total. The molecule has 8 heteroatoms. The summed E-state index contributed by atoms with van der Waals surface area (Å²) in [4.78, 5) is 21.7. The number of hydrogen-bond donors (Lipinski definition) is 2. The molecule has 1 aliphatic rings. The first-order valence-electron chi connectivity index (χ1n) is 10.2. The standard InChI is InChI=1S/C24H21N5O2S/c1-16-2-6-19(14-21(16)23-9-5-18-15-25-11-10-22(18)28-23)27-24(30)17-3-7-20(8-4-17)29-13-12-26-32(29)31/h2-11,14-15,26H,12-13H2,1H3,(H,27,30). The predicted molar refractivity (Wildman–Crippen MR) is 128 cm³/mol. The molecule has 0 spiro atoms. The molecule has 1 fully saturated rings. The van der Waals surface area contributed by atoms with E-state index in [4.69, 9.17) is 4.98 Å². The van der Waals surface area contributed by atoms with Gasteiger partial charge in [-0.05, 0) is 67.1 Å². The van der Waals surface area contributed by atoms with Crippen molar-refractivity contribution in [2.24, 2.45) is 0 Å². The van der Waals surface area contributed by atoms with Crippen molar-refractivity contribution in [2.75, 3.05) is 22.7 Å². The Morgan fingerprint density at radius 1 is 1.09 bits per heavy atom. The maximum Gasteiger partial charge on any atom is 0.255 e. The van der Waals surface area contributed by atoms with Gasteiger partial charge in [-0.2, -0.15) is 0 Å². The molecule has 1 atom stereocenters. The monoisotopic (exact) mass is 443 g/mol. The van der Waals surface area contributed by atoms with Gasteiger partial charge in [-0.25, -0.2) is 13.9 Å². The lowest BCUT2D eigenvalue weighted by Gasteiger charge is -2.15. The van der Waals surface area contributed by atoms with Gasteiger partial charge in [0.2, 0.25) is 0 Å². The number of fused-ring (bicyclic) bond motifs is 1. The molecular weight excluding hydrogens is 422 g/mol. The minimum absolute atomic E-state index is 0.204. The summed E-state index contributed by atoms with van der Waals surface area (Å²) in [6, 6.07) is 18.8. The maximum absolute atomic E-state index is 12.8. The van der Waals surface area contributed by atoms with Crippen molar-refractivity contribution < 1.29 is 9.00 Å². The van der Waals surface area contributed by atoms with E-state index < -0.39 is 11.2 Å². The number of nitrogens with one attached hydrogen (secondary N) is 2. The van der Waals surface area contributed by atoms with Crippen molar-refractivity contribution in [3.8, 4) is 11.3 Å². The Bertz CT molecular complexity index is 1340. The number of anilines is 2. The van der Waals surface area contributed by atoms with Gasteiger partial charge in [0, 0.05) is 47.7 Å². The SMILES string of the molecule is Cc1ccc(NC(=O)c2ccc(N3CCNS3=O)cc2)cc1-c1ccc2cnccc2n1. The van der Waals surface area contributed by atoms with Gasteiger partial charge < -0.3 is 5.32 Å². The topological polar surface area (TPSA) is 87.2 Å². The van der Waals surface area contributed by atoms with Crippen molar-refractivity contribution in [1.82, 2.24) is 14.7 Å². The molecule has 1 unspecified atom stereocenters. The number of nitrogens with zero attached hydrogens (tertiary/aromatic N) is 3. The number of carbonyl (C=O) groups excluding carboxylic acids is 1. The second-order valence-electron chi connectivity index (χ2n) is 7.54. The first kappa shape index (κ1) is 20.3. The molecule has 160 valence electrons. The average Bonchev–Trinajstić information content (AvgIpc) is 3.26. The Morgan fingerprint density at radius 3 is 2.72 bits per heavy atom.